The van der Waals surface area contributed by atoms with E-state index in [9.17, 15) is 0 Å². The lowest BCUT2D eigenvalue weighted by Gasteiger charge is -2.32. The number of benzene rings is 2. The first-order valence-electron chi connectivity index (χ1n) is 10.6. The maximum absolute atomic E-state index is 6.05. The van der Waals surface area contributed by atoms with E-state index in [1.54, 1.807) is 0 Å². The van der Waals surface area contributed by atoms with Crippen LogP contribution in [0.4, 0.5) is 0 Å². The Hall–Kier alpha value is -2.85. The third-order valence-corrected chi connectivity index (χ3v) is 6.10. The highest BCUT2D eigenvalue weighted by atomic mass is 16.5. The molecule has 0 saturated carbocycles. The smallest absolute Gasteiger partial charge is 0.128 e. The van der Waals surface area contributed by atoms with Crippen molar-refractivity contribution in [2.45, 2.75) is 25.2 Å². The van der Waals surface area contributed by atoms with Gasteiger partial charge in [0.05, 0.1) is 12.1 Å². The predicted octanol–water partition coefficient (Wildman–Crippen LogP) is 5.36. The summed E-state index contributed by atoms with van der Waals surface area (Å²) in [6.45, 7) is 4.18. The maximum atomic E-state index is 6.05. The molecule has 0 amide bonds. The van der Waals surface area contributed by atoms with Gasteiger partial charge in [0.25, 0.3) is 0 Å². The van der Waals surface area contributed by atoms with Gasteiger partial charge in [-0.25, -0.2) is 0 Å². The van der Waals surface area contributed by atoms with E-state index in [-0.39, 0.29) is 0 Å². The first kappa shape index (κ1) is 18.2. The summed E-state index contributed by atoms with van der Waals surface area (Å²) in [6, 6.07) is 19.0. The van der Waals surface area contributed by atoms with Crippen molar-refractivity contribution in [1.29, 1.82) is 0 Å². The predicted molar refractivity (Wildman–Crippen MR) is 119 cm³/mol. The number of hydrogen-bond donors (Lipinski definition) is 1. The van der Waals surface area contributed by atoms with Crippen LogP contribution in [0.3, 0.4) is 0 Å². The standard InChI is InChI=1S/C25H27N3O/c1-2-6-23-20(5-1)17-21(18-27-23)19-10-14-28(15-11-19)13-4-16-29-25-8-3-7-24-22(25)9-12-26-24/h1-3,5-9,12,17-19,26H,4,10-11,13-16H2. The van der Waals surface area contributed by atoms with E-state index < -0.39 is 0 Å². The highest BCUT2D eigenvalue weighted by Crippen LogP contribution is 2.29. The van der Waals surface area contributed by atoms with Crippen molar-refractivity contribution in [2.75, 3.05) is 26.2 Å². The topological polar surface area (TPSA) is 41.2 Å². The van der Waals surface area contributed by atoms with Crippen LogP contribution >= 0.6 is 0 Å². The zero-order chi connectivity index (χ0) is 19.5. The summed E-state index contributed by atoms with van der Waals surface area (Å²) in [4.78, 5) is 10.5. The quantitative estimate of drug-likeness (QED) is 0.454. The highest BCUT2D eigenvalue weighted by molar-refractivity contribution is 5.85. The second kappa shape index (κ2) is 8.26. The van der Waals surface area contributed by atoms with Crippen molar-refractivity contribution in [3.63, 3.8) is 0 Å². The fourth-order valence-corrected chi connectivity index (χ4v) is 4.45. The zero-order valence-electron chi connectivity index (χ0n) is 16.7. The third-order valence-electron chi connectivity index (χ3n) is 6.10. The monoisotopic (exact) mass is 385 g/mol. The average molecular weight is 386 g/mol. The molecular weight excluding hydrogens is 358 g/mol. The number of hydrogen-bond acceptors (Lipinski definition) is 3. The minimum Gasteiger partial charge on any atom is -0.493 e. The minimum absolute atomic E-state index is 0.630. The van der Waals surface area contributed by atoms with Crippen molar-refractivity contribution in [2.24, 2.45) is 0 Å². The van der Waals surface area contributed by atoms with Gasteiger partial charge in [-0.05, 0) is 74.2 Å². The summed E-state index contributed by atoms with van der Waals surface area (Å²) in [5.41, 5.74) is 3.61. The van der Waals surface area contributed by atoms with Crippen LogP contribution < -0.4 is 4.74 Å². The van der Waals surface area contributed by atoms with Crippen LogP contribution in [0, 0.1) is 0 Å². The Labute approximate surface area is 171 Å². The molecule has 1 fully saturated rings. The molecule has 1 saturated heterocycles. The molecule has 4 nitrogen and oxygen atoms in total. The molecule has 0 radical (unpaired) electrons. The van der Waals surface area contributed by atoms with Crippen molar-refractivity contribution in [3.8, 4) is 5.75 Å². The molecule has 148 valence electrons. The largest absolute Gasteiger partial charge is 0.493 e. The summed E-state index contributed by atoms with van der Waals surface area (Å²) in [6.07, 6.45) is 7.53. The number of piperidine rings is 1. The van der Waals surface area contributed by atoms with Crippen LogP contribution in [-0.2, 0) is 0 Å². The van der Waals surface area contributed by atoms with E-state index in [4.69, 9.17) is 4.74 Å². The van der Waals surface area contributed by atoms with Gasteiger partial charge < -0.3 is 14.6 Å². The zero-order valence-corrected chi connectivity index (χ0v) is 16.7. The molecule has 0 bridgehead atoms. The van der Waals surface area contributed by atoms with Crippen molar-refractivity contribution >= 4 is 21.8 Å². The molecule has 2 aromatic carbocycles. The SMILES string of the molecule is c1ccc2ncc(C3CCN(CCCOc4cccc5[nH]ccc45)CC3)cc2c1. The van der Waals surface area contributed by atoms with Gasteiger partial charge in [-0.2, -0.15) is 0 Å². The number of aromatic nitrogens is 2. The number of nitrogens with one attached hydrogen (secondary N) is 1. The fraction of sp³-hybridized carbons (Fsp3) is 0.320. The molecule has 0 unspecified atom stereocenters. The first-order chi connectivity index (χ1) is 14.4. The Bertz CT molecular complexity index is 1100. The van der Waals surface area contributed by atoms with Crippen LogP contribution in [0.25, 0.3) is 21.8 Å². The Morgan fingerprint density at radius 1 is 1.03 bits per heavy atom. The molecule has 0 aliphatic carbocycles. The number of aromatic amines is 1. The van der Waals surface area contributed by atoms with E-state index in [0.29, 0.717) is 5.92 Å². The summed E-state index contributed by atoms with van der Waals surface area (Å²) in [7, 11) is 0. The molecule has 2 aromatic heterocycles. The number of H-pyrrole nitrogens is 1. The lowest BCUT2D eigenvalue weighted by atomic mass is 9.90. The molecule has 1 aliphatic rings. The average Bonchev–Trinajstić information content (AvgIpc) is 3.26. The highest BCUT2D eigenvalue weighted by Gasteiger charge is 2.20. The summed E-state index contributed by atoms with van der Waals surface area (Å²) in [5, 5.41) is 2.42. The number of para-hydroxylation sites is 1. The number of fused-ring (bicyclic) bond motifs is 2. The second-order valence-electron chi connectivity index (χ2n) is 7.97. The van der Waals surface area contributed by atoms with Gasteiger partial charge >= 0.3 is 0 Å². The van der Waals surface area contributed by atoms with E-state index in [1.165, 1.54) is 23.8 Å². The molecule has 4 aromatic rings. The van der Waals surface area contributed by atoms with Gasteiger partial charge in [-0.15, -0.1) is 0 Å². The van der Waals surface area contributed by atoms with E-state index in [1.807, 2.05) is 12.3 Å². The maximum Gasteiger partial charge on any atom is 0.128 e. The van der Waals surface area contributed by atoms with E-state index in [2.05, 4.69) is 69.6 Å². The normalized spacial score (nSPS) is 15.9. The number of nitrogens with zero attached hydrogens (tertiary/aromatic N) is 2. The van der Waals surface area contributed by atoms with Gasteiger partial charge in [0.15, 0.2) is 0 Å². The molecule has 0 spiro atoms. The van der Waals surface area contributed by atoms with Crippen LogP contribution in [0.5, 0.6) is 5.75 Å². The lowest BCUT2D eigenvalue weighted by molar-refractivity contribution is 0.193. The Kier molecular flexibility index (Phi) is 5.18. The molecule has 29 heavy (non-hydrogen) atoms. The van der Waals surface area contributed by atoms with Crippen LogP contribution in [-0.4, -0.2) is 41.1 Å². The summed E-state index contributed by atoms with van der Waals surface area (Å²) in [5.74, 6) is 1.61. The number of likely N-dealkylation sites (tertiary alicyclic amines) is 1. The Morgan fingerprint density at radius 2 is 1.93 bits per heavy atom. The molecule has 3 heterocycles. The van der Waals surface area contributed by atoms with Gasteiger partial charge in [0, 0.05) is 35.2 Å². The summed E-state index contributed by atoms with van der Waals surface area (Å²) >= 11 is 0. The molecule has 1 aliphatic heterocycles. The van der Waals surface area contributed by atoms with Crippen LogP contribution in [0.15, 0.2) is 67.0 Å². The fourth-order valence-electron chi connectivity index (χ4n) is 4.45. The number of ether oxygens (including phenoxy) is 1. The van der Waals surface area contributed by atoms with E-state index in [0.717, 1.165) is 54.8 Å². The van der Waals surface area contributed by atoms with Crippen LogP contribution in [0.1, 0.15) is 30.7 Å². The van der Waals surface area contributed by atoms with Crippen molar-refractivity contribution in [1.82, 2.24) is 14.9 Å². The molecule has 5 rings (SSSR count). The van der Waals surface area contributed by atoms with Gasteiger partial charge in [0.2, 0.25) is 0 Å². The molecule has 4 heteroatoms. The molecule has 0 atom stereocenters. The van der Waals surface area contributed by atoms with Gasteiger partial charge in [-0.1, -0.05) is 24.3 Å². The Morgan fingerprint density at radius 3 is 2.86 bits per heavy atom. The second-order valence-corrected chi connectivity index (χ2v) is 7.97. The number of pyridine rings is 1. The van der Waals surface area contributed by atoms with Gasteiger partial charge in [0.1, 0.15) is 5.75 Å². The number of rotatable bonds is 6. The van der Waals surface area contributed by atoms with Gasteiger partial charge in [-0.3, -0.25) is 4.98 Å². The first-order valence-corrected chi connectivity index (χ1v) is 10.6. The molecular formula is C25H27N3O. The molecule has 1 N–H and O–H groups in total. The van der Waals surface area contributed by atoms with Crippen molar-refractivity contribution in [3.05, 3.63) is 72.6 Å². The minimum atomic E-state index is 0.630. The third kappa shape index (κ3) is 3.99. The summed E-state index contributed by atoms with van der Waals surface area (Å²) < 4.78 is 6.05. The Balaban J connectivity index is 1.10. The van der Waals surface area contributed by atoms with Crippen molar-refractivity contribution < 1.29 is 4.74 Å². The van der Waals surface area contributed by atoms with Crippen LogP contribution in [0.2, 0.25) is 0 Å². The van der Waals surface area contributed by atoms with E-state index >= 15 is 0 Å². The lowest BCUT2D eigenvalue weighted by Crippen LogP contribution is -2.34.